The molecule has 0 amide bonds. The predicted octanol–water partition coefficient (Wildman–Crippen LogP) is 2.98. The van der Waals surface area contributed by atoms with Gasteiger partial charge in [-0.2, -0.15) is 0 Å². The van der Waals surface area contributed by atoms with Crippen LogP contribution in [0.15, 0.2) is 24.3 Å². The van der Waals surface area contributed by atoms with Crippen molar-refractivity contribution >= 4 is 5.69 Å². The van der Waals surface area contributed by atoms with Crippen LogP contribution in [0.1, 0.15) is 38.4 Å². The number of hydrogen-bond donors (Lipinski definition) is 1. The van der Waals surface area contributed by atoms with E-state index in [2.05, 4.69) is 17.7 Å². The van der Waals surface area contributed by atoms with Crippen molar-refractivity contribution in [1.29, 1.82) is 0 Å². The smallest absolute Gasteiger partial charge is 0.0791 e. The molecular formula is C15H21NO. The molecule has 0 bridgehead atoms. The second kappa shape index (κ2) is 6.98. The quantitative estimate of drug-likeness (QED) is 0.761. The van der Waals surface area contributed by atoms with Crippen LogP contribution >= 0.6 is 0 Å². The van der Waals surface area contributed by atoms with Crippen molar-refractivity contribution in [3.63, 3.8) is 0 Å². The second-order valence-electron chi connectivity index (χ2n) is 4.14. The molecule has 0 fully saturated rings. The summed E-state index contributed by atoms with van der Waals surface area (Å²) in [4.78, 5) is 2.17. The molecule has 1 N–H and O–H groups in total. The van der Waals surface area contributed by atoms with Crippen molar-refractivity contribution in [1.82, 2.24) is 0 Å². The summed E-state index contributed by atoms with van der Waals surface area (Å²) in [5.41, 5.74) is 2.09. The molecule has 0 unspecified atom stereocenters. The maximum absolute atomic E-state index is 9.72. The van der Waals surface area contributed by atoms with E-state index in [0.717, 1.165) is 30.6 Å². The van der Waals surface area contributed by atoms with Crippen LogP contribution in [0.3, 0.4) is 0 Å². The molecule has 1 aromatic rings. The molecule has 0 saturated heterocycles. The molecule has 1 rings (SSSR count). The minimum atomic E-state index is -0.365. The lowest BCUT2D eigenvalue weighted by atomic mass is 10.1. The summed E-state index contributed by atoms with van der Waals surface area (Å²) in [5.74, 6) is 2.68. The summed E-state index contributed by atoms with van der Waals surface area (Å²) in [6.45, 7) is 5.70. The molecule has 17 heavy (non-hydrogen) atoms. The molecule has 1 aromatic carbocycles. The predicted molar refractivity (Wildman–Crippen MR) is 73.0 cm³/mol. The van der Waals surface area contributed by atoms with Gasteiger partial charge in [-0.15, -0.1) is 6.42 Å². The third kappa shape index (κ3) is 3.80. The summed E-state index contributed by atoms with van der Waals surface area (Å²) in [5, 5.41) is 9.72. The molecule has 2 heteroatoms. The number of aliphatic hydroxyl groups excluding tert-OH is 1. The van der Waals surface area contributed by atoms with Gasteiger partial charge in [0.25, 0.3) is 0 Å². The van der Waals surface area contributed by atoms with Gasteiger partial charge in [-0.1, -0.05) is 31.9 Å². The molecule has 92 valence electrons. The topological polar surface area (TPSA) is 23.5 Å². The number of anilines is 1. The lowest BCUT2D eigenvalue weighted by Gasteiger charge is -2.22. The van der Waals surface area contributed by atoms with Crippen LogP contribution in [-0.2, 0) is 0 Å². The normalized spacial score (nSPS) is 11.9. The van der Waals surface area contributed by atoms with Gasteiger partial charge in [-0.25, -0.2) is 0 Å². The number of benzene rings is 1. The number of hydrogen-bond acceptors (Lipinski definition) is 2. The first-order valence-corrected chi connectivity index (χ1v) is 6.19. The summed E-state index contributed by atoms with van der Waals surface area (Å²) in [6.07, 6.45) is 6.81. The number of rotatable bonds is 6. The van der Waals surface area contributed by atoms with E-state index in [1.165, 1.54) is 0 Å². The minimum absolute atomic E-state index is 0.365. The molecule has 1 atom stereocenters. The lowest BCUT2D eigenvalue weighted by molar-refractivity contribution is 0.173. The van der Waals surface area contributed by atoms with Crippen molar-refractivity contribution in [2.75, 3.05) is 18.0 Å². The Hall–Kier alpha value is -1.46. The molecule has 0 radical (unpaired) electrons. The monoisotopic (exact) mass is 231 g/mol. The Balaban J connectivity index is 2.80. The van der Waals surface area contributed by atoms with Gasteiger partial charge in [0.05, 0.1) is 12.6 Å². The number of aliphatic hydroxyl groups is 1. The van der Waals surface area contributed by atoms with Crippen LogP contribution in [0.2, 0.25) is 0 Å². The Morgan fingerprint density at radius 2 is 1.94 bits per heavy atom. The second-order valence-corrected chi connectivity index (χ2v) is 4.14. The van der Waals surface area contributed by atoms with Crippen molar-refractivity contribution in [2.45, 2.75) is 32.8 Å². The van der Waals surface area contributed by atoms with E-state index < -0.39 is 0 Å². The largest absolute Gasteiger partial charge is 0.388 e. The average Bonchev–Trinajstić information content (AvgIpc) is 2.38. The van der Waals surface area contributed by atoms with E-state index in [1.54, 1.807) is 0 Å². The molecule has 0 aliphatic rings. The van der Waals surface area contributed by atoms with Gasteiger partial charge in [0.2, 0.25) is 0 Å². The van der Waals surface area contributed by atoms with Gasteiger partial charge >= 0.3 is 0 Å². The van der Waals surface area contributed by atoms with E-state index in [-0.39, 0.29) is 6.10 Å². The Labute approximate surface area is 104 Å². The summed E-state index contributed by atoms with van der Waals surface area (Å²) in [6, 6.07) is 8.01. The first-order chi connectivity index (χ1) is 8.22. The summed E-state index contributed by atoms with van der Waals surface area (Å²) in [7, 11) is 0. The van der Waals surface area contributed by atoms with Gasteiger partial charge in [0.1, 0.15) is 0 Å². The van der Waals surface area contributed by atoms with Gasteiger partial charge in [-0.05, 0) is 30.5 Å². The Bertz CT molecular complexity index is 364. The molecule has 0 saturated carbocycles. The molecule has 0 aliphatic carbocycles. The Morgan fingerprint density at radius 3 is 2.41 bits per heavy atom. The fourth-order valence-electron chi connectivity index (χ4n) is 1.82. The van der Waals surface area contributed by atoms with Crippen molar-refractivity contribution < 1.29 is 5.11 Å². The van der Waals surface area contributed by atoms with Crippen LogP contribution in [0, 0.1) is 12.3 Å². The van der Waals surface area contributed by atoms with Crippen LogP contribution in [0.5, 0.6) is 0 Å². The van der Waals surface area contributed by atoms with Crippen LogP contribution in [0.25, 0.3) is 0 Å². The molecule has 0 heterocycles. The van der Waals surface area contributed by atoms with Gasteiger partial charge in [-0.3, -0.25) is 0 Å². The van der Waals surface area contributed by atoms with Crippen molar-refractivity contribution in [2.24, 2.45) is 0 Å². The van der Waals surface area contributed by atoms with E-state index in [0.29, 0.717) is 6.54 Å². The van der Waals surface area contributed by atoms with Crippen molar-refractivity contribution in [3.05, 3.63) is 29.8 Å². The van der Waals surface area contributed by atoms with Gasteiger partial charge in [0.15, 0.2) is 0 Å². The highest BCUT2D eigenvalue weighted by Crippen LogP contribution is 2.21. The maximum atomic E-state index is 9.72. The van der Waals surface area contributed by atoms with Gasteiger partial charge in [0, 0.05) is 12.2 Å². The zero-order valence-corrected chi connectivity index (χ0v) is 10.7. The van der Waals surface area contributed by atoms with Crippen LogP contribution in [-0.4, -0.2) is 18.2 Å². The highest BCUT2D eigenvalue weighted by molar-refractivity contribution is 5.48. The third-order valence-corrected chi connectivity index (χ3v) is 2.81. The molecular weight excluding hydrogens is 210 g/mol. The zero-order valence-electron chi connectivity index (χ0n) is 10.7. The minimum Gasteiger partial charge on any atom is -0.388 e. The highest BCUT2D eigenvalue weighted by atomic mass is 16.3. The van der Waals surface area contributed by atoms with E-state index in [9.17, 15) is 5.11 Å². The number of terminal acetylenes is 1. The fraction of sp³-hybridized carbons (Fsp3) is 0.467. The Kier molecular flexibility index (Phi) is 5.59. The first kappa shape index (κ1) is 13.6. The van der Waals surface area contributed by atoms with Crippen molar-refractivity contribution in [3.8, 4) is 12.3 Å². The lowest BCUT2D eigenvalue weighted by Crippen LogP contribution is -2.24. The first-order valence-electron chi connectivity index (χ1n) is 6.19. The van der Waals surface area contributed by atoms with E-state index in [1.807, 2.05) is 31.2 Å². The van der Waals surface area contributed by atoms with E-state index in [4.69, 9.17) is 6.42 Å². The average molecular weight is 231 g/mol. The highest BCUT2D eigenvalue weighted by Gasteiger charge is 2.07. The van der Waals surface area contributed by atoms with Crippen LogP contribution in [0.4, 0.5) is 5.69 Å². The third-order valence-electron chi connectivity index (χ3n) is 2.81. The molecule has 2 nitrogen and oxygen atoms in total. The Morgan fingerprint density at radius 1 is 1.29 bits per heavy atom. The van der Waals surface area contributed by atoms with E-state index >= 15 is 0 Å². The summed E-state index contributed by atoms with van der Waals surface area (Å²) < 4.78 is 0. The fourth-order valence-corrected chi connectivity index (χ4v) is 1.82. The molecule has 0 aromatic heterocycles. The maximum Gasteiger partial charge on any atom is 0.0791 e. The van der Waals surface area contributed by atoms with Gasteiger partial charge < -0.3 is 10.0 Å². The molecule has 0 spiro atoms. The summed E-state index contributed by atoms with van der Waals surface area (Å²) >= 11 is 0. The van der Waals surface area contributed by atoms with Crippen LogP contribution < -0.4 is 4.90 Å². The number of nitrogens with zero attached hydrogens (tertiary/aromatic N) is 1. The zero-order chi connectivity index (χ0) is 12.7. The standard InChI is InChI=1S/C15H21NO/c1-4-11-16(12-5-2)14-9-7-13(8-10-14)15(17)6-3/h1,7-10,15,17H,5-6,11-12H2,2-3H3/t15-/m0/s1. The SMILES string of the molecule is C#CCN(CCC)c1ccc([C@@H](O)CC)cc1. The molecule has 0 aliphatic heterocycles.